The number of rotatable bonds is 6. The third-order valence-electron chi connectivity index (χ3n) is 7.71. The average molecular weight is 544 g/mol. The van der Waals surface area contributed by atoms with Gasteiger partial charge in [-0.2, -0.15) is 0 Å². The van der Waals surface area contributed by atoms with Crippen LogP contribution >= 0.6 is 11.6 Å². The molecule has 3 aromatic carbocycles. The van der Waals surface area contributed by atoms with Crippen molar-refractivity contribution in [1.29, 1.82) is 0 Å². The van der Waals surface area contributed by atoms with Crippen LogP contribution in [0.3, 0.4) is 0 Å². The second kappa shape index (κ2) is 10.7. The molecule has 2 saturated heterocycles. The Morgan fingerprint density at radius 1 is 0.872 bits per heavy atom. The van der Waals surface area contributed by atoms with E-state index in [0.29, 0.717) is 18.2 Å². The fourth-order valence-electron chi connectivity index (χ4n) is 5.64. The van der Waals surface area contributed by atoms with Gasteiger partial charge in [0.25, 0.3) is 5.91 Å². The smallest absolute Gasteiger partial charge is 0.342 e. The highest BCUT2D eigenvalue weighted by atomic mass is 35.5. The molecule has 6 rings (SSSR count). The number of piperidine rings is 1. The molecule has 0 unspecified atom stereocenters. The van der Waals surface area contributed by atoms with Crippen LogP contribution in [0.2, 0.25) is 5.02 Å². The molecule has 3 aliphatic heterocycles. The lowest BCUT2D eigenvalue weighted by Crippen LogP contribution is -2.56. The number of hydrazine groups is 1. The number of anilines is 1. The molecule has 0 spiro atoms. The summed E-state index contributed by atoms with van der Waals surface area (Å²) in [7, 11) is 0. The number of imide groups is 1. The molecule has 8 nitrogen and oxygen atoms in total. The highest BCUT2D eigenvalue weighted by molar-refractivity contribution is 6.30. The molecule has 200 valence electrons. The standard InChI is InChI=1S/C30H30ClN5O3/c31-23-8-6-21(7-9-23)25-3-1-2-4-27(25)32-24-11-14-34(15-12-24)18-20-5-10-26-22(17-20)19-36(29(26)38)35-16-13-28(37)33-30(35)39/h1-10,17,24,32H,11-16,18-19H2,(H,33,37,39). The topological polar surface area (TPSA) is 85.0 Å². The normalized spacial score (nSPS) is 18.3. The average Bonchev–Trinajstić information content (AvgIpc) is 3.26. The summed E-state index contributed by atoms with van der Waals surface area (Å²) in [6.07, 6.45) is 2.26. The molecule has 2 N–H and O–H groups in total. The molecule has 3 aromatic rings. The fourth-order valence-corrected chi connectivity index (χ4v) is 5.77. The minimum Gasteiger partial charge on any atom is -0.382 e. The van der Waals surface area contributed by atoms with E-state index in [9.17, 15) is 14.4 Å². The van der Waals surface area contributed by atoms with E-state index in [1.807, 2.05) is 24.3 Å². The van der Waals surface area contributed by atoms with Gasteiger partial charge in [0.05, 0.1) is 13.1 Å². The van der Waals surface area contributed by atoms with Gasteiger partial charge in [0.2, 0.25) is 5.91 Å². The summed E-state index contributed by atoms with van der Waals surface area (Å²) in [6.45, 7) is 3.32. The van der Waals surface area contributed by atoms with E-state index in [-0.39, 0.29) is 24.8 Å². The van der Waals surface area contributed by atoms with Crippen molar-refractivity contribution in [3.05, 3.63) is 88.4 Å². The van der Waals surface area contributed by atoms with Crippen LogP contribution in [0.4, 0.5) is 10.5 Å². The first-order valence-electron chi connectivity index (χ1n) is 13.3. The zero-order valence-corrected chi connectivity index (χ0v) is 22.3. The summed E-state index contributed by atoms with van der Waals surface area (Å²) >= 11 is 6.08. The first-order chi connectivity index (χ1) is 18.9. The maximum absolute atomic E-state index is 12.9. The largest absolute Gasteiger partial charge is 0.382 e. The number of amides is 4. The molecular formula is C30H30ClN5O3. The Bertz CT molecular complexity index is 1420. The molecule has 0 atom stereocenters. The summed E-state index contributed by atoms with van der Waals surface area (Å²) in [5.41, 5.74) is 6.14. The number of hydrogen-bond acceptors (Lipinski definition) is 5. The molecule has 39 heavy (non-hydrogen) atoms. The second-order valence-electron chi connectivity index (χ2n) is 10.3. The van der Waals surface area contributed by atoms with Gasteiger partial charge in [-0.3, -0.25) is 19.8 Å². The number of likely N-dealkylation sites (tertiary alicyclic amines) is 1. The quantitative estimate of drug-likeness (QED) is 0.462. The molecular weight excluding hydrogens is 514 g/mol. The number of para-hydroxylation sites is 1. The Labute approximate surface area is 232 Å². The molecule has 3 heterocycles. The molecule has 0 aliphatic carbocycles. The molecule has 9 heteroatoms. The maximum Gasteiger partial charge on any atom is 0.342 e. The monoisotopic (exact) mass is 543 g/mol. The maximum atomic E-state index is 12.9. The zero-order valence-electron chi connectivity index (χ0n) is 21.5. The number of urea groups is 1. The Morgan fingerprint density at radius 2 is 1.64 bits per heavy atom. The van der Waals surface area contributed by atoms with Gasteiger partial charge in [0.15, 0.2) is 0 Å². The molecule has 0 bridgehead atoms. The van der Waals surface area contributed by atoms with E-state index in [2.05, 4.69) is 58.0 Å². The van der Waals surface area contributed by atoms with Gasteiger partial charge >= 0.3 is 6.03 Å². The second-order valence-corrected chi connectivity index (χ2v) is 10.8. The van der Waals surface area contributed by atoms with Crippen molar-refractivity contribution in [2.45, 2.75) is 38.4 Å². The minimum atomic E-state index is -0.542. The summed E-state index contributed by atoms with van der Waals surface area (Å²) < 4.78 is 0. The number of carbonyl (C=O) groups excluding carboxylic acids is 3. The highest BCUT2D eigenvalue weighted by Gasteiger charge is 2.37. The Kier molecular flexibility index (Phi) is 6.97. The third kappa shape index (κ3) is 5.35. The van der Waals surface area contributed by atoms with Crippen LogP contribution in [-0.2, 0) is 17.9 Å². The van der Waals surface area contributed by atoms with Crippen molar-refractivity contribution in [2.24, 2.45) is 0 Å². The van der Waals surface area contributed by atoms with E-state index >= 15 is 0 Å². The summed E-state index contributed by atoms with van der Waals surface area (Å²) in [5.74, 6) is -0.515. The Hall–Kier alpha value is -3.88. The third-order valence-corrected chi connectivity index (χ3v) is 7.97. The van der Waals surface area contributed by atoms with Crippen LogP contribution in [0, 0.1) is 0 Å². The van der Waals surface area contributed by atoms with Crippen molar-refractivity contribution in [1.82, 2.24) is 20.2 Å². The molecule has 0 aromatic heterocycles. The summed E-state index contributed by atoms with van der Waals surface area (Å²) in [4.78, 5) is 39.1. The lowest BCUT2D eigenvalue weighted by atomic mass is 10.00. The zero-order chi connectivity index (χ0) is 26.9. The van der Waals surface area contributed by atoms with Crippen molar-refractivity contribution in [2.75, 3.05) is 25.0 Å². The summed E-state index contributed by atoms with van der Waals surface area (Å²) in [6, 6.07) is 22.1. The highest BCUT2D eigenvalue weighted by Crippen LogP contribution is 2.31. The molecule has 0 saturated carbocycles. The number of nitrogens with zero attached hydrogens (tertiary/aromatic N) is 3. The van der Waals surface area contributed by atoms with Gasteiger partial charge in [-0.15, -0.1) is 0 Å². The van der Waals surface area contributed by atoms with Crippen molar-refractivity contribution in [3.63, 3.8) is 0 Å². The lowest BCUT2D eigenvalue weighted by molar-refractivity contribution is -0.123. The molecule has 0 radical (unpaired) electrons. The van der Waals surface area contributed by atoms with Gasteiger partial charge in [0, 0.05) is 53.9 Å². The van der Waals surface area contributed by atoms with Crippen LogP contribution in [-0.4, -0.2) is 58.4 Å². The van der Waals surface area contributed by atoms with Crippen LogP contribution in [0.25, 0.3) is 11.1 Å². The number of halogens is 1. The Balaban J connectivity index is 1.06. The predicted molar refractivity (Wildman–Crippen MR) is 150 cm³/mol. The van der Waals surface area contributed by atoms with Crippen LogP contribution in [0.5, 0.6) is 0 Å². The summed E-state index contributed by atoms with van der Waals surface area (Å²) in [5, 5.41) is 9.57. The molecule has 4 amide bonds. The van der Waals surface area contributed by atoms with Crippen molar-refractivity contribution in [3.8, 4) is 11.1 Å². The van der Waals surface area contributed by atoms with E-state index in [1.54, 1.807) is 0 Å². The minimum absolute atomic E-state index is 0.189. The van der Waals surface area contributed by atoms with E-state index < -0.39 is 6.03 Å². The molecule has 3 aliphatic rings. The van der Waals surface area contributed by atoms with E-state index in [4.69, 9.17) is 11.6 Å². The van der Waals surface area contributed by atoms with Crippen LogP contribution in [0.15, 0.2) is 66.7 Å². The van der Waals surface area contributed by atoms with Gasteiger partial charge < -0.3 is 5.32 Å². The molecule has 2 fully saturated rings. The fraction of sp³-hybridized carbons (Fsp3) is 0.300. The van der Waals surface area contributed by atoms with Crippen molar-refractivity contribution < 1.29 is 14.4 Å². The number of nitrogens with one attached hydrogen (secondary N) is 2. The lowest BCUT2D eigenvalue weighted by Gasteiger charge is -2.33. The number of hydrogen-bond donors (Lipinski definition) is 2. The van der Waals surface area contributed by atoms with Gasteiger partial charge in [-0.25, -0.2) is 14.8 Å². The van der Waals surface area contributed by atoms with E-state index in [1.165, 1.54) is 15.6 Å². The number of carbonyl (C=O) groups is 3. The van der Waals surface area contributed by atoms with E-state index in [0.717, 1.165) is 59.9 Å². The van der Waals surface area contributed by atoms with Crippen molar-refractivity contribution >= 4 is 35.1 Å². The Morgan fingerprint density at radius 3 is 2.41 bits per heavy atom. The first-order valence-corrected chi connectivity index (χ1v) is 13.7. The van der Waals surface area contributed by atoms with Gasteiger partial charge in [0.1, 0.15) is 0 Å². The van der Waals surface area contributed by atoms with Crippen LogP contribution < -0.4 is 10.6 Å². The number of fused-ring (bicyclic) bond motifs is 1. The SMILES string of the molecule is O=C1CCN(N2Cc3cc(CN4CCC(Nc5ccccc5-c5ccc(Cl)cc5)CC4)ccc3C2=O)C(=O)N1. The van der Waals surface area contributed by atoms with Gasteiger partial charge in [-0.1, -0.05) is 54.1 Å². The van der Waals surface area contributed by atoms with Crippen LogP contribution in [0.1, 0.15) is 40.7 Å². The predicted octanol–water partition coefficient (Wildman–Crippen LogP) is 4.90. The number of benzene rings is 3. The first kappa shape index (κ1) is 25.4. The van der Waals surface area contributed by atoms with Gasteiger partial charge in [-0.05, 0) is 53.8 Å².